The average Bonchev–Trinajstić information content (AvgIpc) is 2.72. The highest BCUT2D eigenvalue weighted by atomic mass is 35.5. The number of aryl methyl sites for hydroxylation is 1. The first-order chi connectivity index (χ1) is 8.96. The van der Waals surface area contributed by atoms with Crippen LogP contribution in [0.2, 0.25) is 0 Å². The molecule has 0 aliphatic carbocycles. The maximum atomic E-state index is 11.5. The minimum absolute atomic E-state index is 0.0297. The maximum absolute atomic E-state index is 11.5. The van der Waals surface area contributed by atoms with Gasteiger partial charge in [-0.25, -0.2) is 0 Å². The maximum Gasteiger partial charge on any atom is 0.239 e. The molecule has 19 heavy (non-hydrogen) atoms. The van der Waals surface area contributed by atoms with E-state index in [4.69, 9.17) is 21.1 Å². The molecular weight excluding hydrogens is 266 g/mol. The Morgan fingerprint density at radius 2 is 2.32 bits per heavy atom. The minimum Gasteiger partial charge on any atom is -0.343 e. The molecule has 0 saturated carbocycles. The molecule has 2 rings (SSSR count). The number of nitrogens with one attached hydrogen (secondary N) is 1. The number of alkyl halides is 1. The number of hydrogen-bond donors (Lipinski definition) is 1. The van der Waals surface area contributed by atoms with Crippen LogP contribution < -0.4 is 5.32 Å². The summed E-state index contributed by atoms with van der Waals surface area (Å²) in [7, 11) is 0. The van der Waals surface area contributed by atoms with E-state index in [1.54, 1.807) is 0 Å². The van der Waals surface area contributed by atoms with Crippen molar-refractivity contribution in [1.82, 2.24) is 0 Å². The van der Waals surface area contributed by atoms with Gasteiger partial charge in [0.1, 0.15) is 5.88 Å². The summed E-state index contributed by atoms with van der Waals surface area (Å²) in [6.07, 6.45) is 0.0297. The Morgan fingerprint density at radius 1 is 1.58 bits per heavy atom. The predicted molar refractivity (Wildman–Crippen MR) is 74.4 cm³/mol. The van der Waals surface area contributed by atoms with Gasteiger partial charge >= 0.3 is 0 Å². The van der Waals surface area contributed by atoms with E-state index in [2.05, 4.69) is 5.32 Å². The lowest BCUT2D eigenvalue weighted by Crippen LogP contribution is -2.26. The third kappa shape index (κ3) is 2.91. The second-order valence-corrected chi connectivity index (χ2v) is 5.13. The van der Waals surface area contributed by atoms with E-state index in [0.717, 1.165) is 11.1 Å². The van der Waals surface area contributed by atoms with Gasteiger partial charge in [-0.05, 0) is 26.3 Å². The number of para-hydroxylation sites is 1. The molecule has 1 amide bonds. The van der Waals surface area contributed by atoms with Crippen molar-refractivity contribution in [2.75, 3.05) is 17.8 Å². The fourth-order valence-corrected chi connectivity index (χ4v) is 2.32. The zero-order valence-electron chi connectivity index (χ0n) is 11.3. The molecule has 5 heteroatoms. The number of ether oxygens (including phenoxy) is 2. The second kappa shape index (κ2) is 5.49. The molecule has 1 N–H and O–H groups in total. The van der Waals surface area contributed by atoms with Gasteiger partial charge in [-0.2, -0.15) is 0 Å². The van der Waals surface area contributed by atoms with Gasteiger partial charge in [-0.1, -0.05) is 18.2 Å². The zero-order chi connectivity index (χ0) is 14.0. The summed E-state index contributed by atoms with van der Waals surface area (Å²) in [5.41, 5.74) is 2.48. The van der Waals surface area contributed by atoms with Crippen LogP contribution in [0.1, 0.15) is 25.0 Å². The summed E-state index contributed by atoms with van der Waals surface area (Å²) in [5, 5.41) is 2.81. The number of halogens is 1. The van der Waals surface area contributed by atoms with Gasteiger partial charge in [-0.15, -0.1) is 11.6 Å². The number of anilines is 1. The smallest absolute Gasteiger partial charge is 0.239 e. The monoisotopic (exact) mass is 283 g/mol. The molecule has 0 bridgehead atoms. The van der Waals surface area contributed by atoms with Crippen LogP contribution in [-0.2, 0) is 20.1 Å². The van der Waals surface area contributed by atoms with E-state index < -0.39 is 5.79 Å². The van der Waals surface area contributed by atoms with Gasteiger partial charge in [0, 0.05) is 5.56 Å². The van der Waals surface area contributed by atoms with Crippen LogP contribution in [0.3, 0.4) is 0 Å². The molecule has 1 fully saturated rings. The Bertz CT molecular complexity index is 492. The SMILES string of the molecule is Cc1cccc(C2(C)OCC(C)O2)c1NC(=O)CCl. The van der Waals surface area contributed by atoms with Crippen LogP contribution >= 0.6 is 11.6 Å². The van der Waals surface area contributed by atoms with Crippen LogP contribution in [0.25, 0.3) is 0 Å². The van der Waals surface area contributed by atoms with Gasteiger partial charge in [-0.3, -0.25) is 4.79 Å². The third-order valence-corrected chi connectivity index (χ3v) is 3.41. The van der Waals surface area contributed by atoms with Gasteiger partial charge in [0.2, 0.25) is 5.91 Å². The van der Waals surface area contributed by atoms with E-state index in [0.29, 0.717) is 12.3 Å². The van der Waals surface area contributed by atoms with E-state index >= 15 is 0 Å². The topological polar surface area (TPSA) is 47.6 Å². The van der Waals surface area contributed by atoms with Gasteiger partial charge in [0.25, 0.3) is 0 Å². The average molecular weight is 284 g/mol. The van der Waals surface area contributed by atoms with Crippen LogP contribution in [0.4, 0.5) is 5.69 Å². The Morgan fingerprint density at radius 3 is 2.89 bits per heavy atom. The van der Waals surface area contributed by atoms with Crippen molar-refractivity contribution in [2.45, 2.75) is 32.7 Å². The molecule has 104 valence electrons. The fourth-order valence-electron chi connectivity index (χ4n) is 2.25. The largest absolute Gasteiger partial charge is 0.343 e. The van der Waals surface area contributed by atoms with Gasteiger partial charge < -0.3 is 14.8 Å². The summed E-state index contributed by atoms with van der Waals surface area (Å²) in [5.74, 6) is -1.16. The second-order valence-electron chi connectivity index (χ2n) is 4.86. The van der Waals surface area contributed by atoms with E-state index in [9.17, 15) is 4.79 Å². The van der Waals surface area contributed by atoms with Crippen molar-refractivity contribution in [3.8, 4) is 0 Å². The Hall–Kier alpha value is -1.10. The summed E-state index contributed by atoms with van der Waals surface area (Å²) < 4.78 is 11.6. The lowest BCUT2D eigenvalue weighted by Gasteiger charge is -2.27. The van der Waals surface area contributed by atoms with Crippen molar-refractivity contribution in [3.63, 3.8) is 0 Å². The summed E-state index contributed by atoms with van der Waals surface area (Å²) in [4.78, 5) is 11.5. The Balaban J connectivity index is 2.40. The molecule has 0 aromatic heterocycles. The molecule has 1 heterocycles. The number of carbonyl (C=O) groups excluding carboxylic acids is 1. The molecule has 1 saturated heterocycles. The molecular formula is C14H18ClNO3. The first-order valence-corrected chi connectivity index (χ1v) is 6.77. The summed E-state index contributed by atoms with van der Waals surface area (Å²) in [6, 6.07) is 5.74. The number of benzene rings is 1. The lowest BCUT2D eigenvalue weighted by atomic mass is 10.0. The number of hydrogen-bond acceptors (Lipinski definition) is 3. The Labute approximate surface area is 118 Å². The van der Waals surface area contributed by atoms with E-state index in [-0.39, 0.29) is 17.9 Å². The van der Waals surface area contributed by atoms with E-state index in [1.807, 2.05) is 39.0 Å². The van der Waals surface area contributed by atoms with Gasteiger partial charge in [0.05, 0.1) is 18.4 Å². The van der Waals surface area contributed by atoms with Crippen LogP contribution in [-0.4, -0.2) is 24.5 Å². The van der Waals surface area contributed by atoms with Crippen molar-refractivity contribution in [3.05, 3.63) is 29.3 Å². The molecule has 2 atom stereocenters. The van der Waals surface area contributed by atoms with Gasteiger partial charge in [0.15, 0.2) is 5.79 Å². The number of amides is 1. The minimum atomic E-state index is -0.833. The fraction of sp³-hybridized carbons (Fsp3) is 0.500. The first kappa shape index (κ1) is 14.3. The number of rotatable bonds is 3. The summed E-state index contributed by atoms with van der Waals surface area (Å²) >= 11 is 5.55. The molecule has 1 aliphatic rings. The van der Waals surface area contributed by atoms with E-state index in [1.165, 1.54) is 0 Å². The van der Waals surface area contributed by atoms with Crippen LogP contribution in [0.15, 0.2) is 18.2 Å². The summed E-state index contributed by atoms with van der Waals surface area (Å²) in [6.45, 7) is 6.28. The Kier molecular flexibility index (Phi) is 4.13. The molecule has 1 aliphatic heterocycles. The van der Waals surface area contributed by atoms with Crippen LogP contribution in [0, 0.1) is 6.92 Å². The standard InChI is InChI=1S/C14H18ClNO3/c1-9-5-4-6-11(13(9)16-12(17)7-15)14(3)18-8-10(2)19-14/h4-6,10H,7-8H2,1-3H3,(H,16,17). The molecule has 4 nitrogen and oxygen atoms in total. The zero-order valence-corrected chi connectivity index (χ0v) is 12.1. The van der Waals surface area contributed by atoms with Crippen molar-refractivity contribution >= 4 is 23.2 Å². The normalized spacial score (nSPS) is 26.4. The van der Waals surface area contributed by atoms with Crippen molar-refractivity contribution in [1.29, 1.82) is 0 Å². The molecule has 0 radical (unpaired) electrons. The lowest BCUT2D eigenvalue weighted by molar-refractivity contribution is -0.159. The quantitative estimate of drug-likeness (QED) is 0.868. The molecule has 2 unspecified atom stereocenters. The molecule has 1 aromatic carbocycles. The van der Waals surface area contributed by atoms with Crippen LogP contribution in [0.5, 0.6) is 0 Å². The number of carbonyl (C=O) groups is 1. The highest BCUT2D eigenvalue weighted by Gasteiger charge is 2.39. The highest BCUT2D eigenvalue weighted by Crippen LogP contribution is 2.38. The molecule has 0 spiro atoms. The van der Waals surface area contributed by atoms with Crippen molar-refractivity contribution < 1.29 is 14.3 Å². The predicted octanol–water partition coefficient (Wildman–Crippen LogP) is 2.78. The molecule has 1 aromatic rings. The van der Waals surface area contributed by atoms with Crippen molar-refractivity contribution in [2.24, 2.45) is 0 Å². The highest BCUT2D eigenvalue weighted by molar-refractivity contribution is 6.29. The first-order valence-electron chi connectivity index (χ1n) is 6.24. The third-order valence-electron chi connectivity index (χ3n) is 3.17.